The summed E-state index contributed by atoms with van der Waals surface area (Å²) in [5.41, 5.74) is 0.772. The maximum Gasteiger partial charge on any atom is 0.230 e. The van der Waals surface area contributed by atoms with Gasteiger partial charge >= 0.3 is 0 Å². The van der Waals surface area contributed by atoms with Gasteiger partial charge in [-0.3, -0.25) is 4.79 Å². The molecule has 11 heteroatoms. The summed E-state index contributed by atoms with van der Waals surface area (Å²) in [4.78, 5) is 29.6. The highest BCUT2D eigenvalue weighted by Crippen LogP contribution is 2.24. The molecule has 3 rings (SSSR count). The van der Waals surface area contributed by atoms with Gasteiger partial charge in [0.2, 0.25) is 5.91 Å². The molecule has 0 saturated heterocycles. The quantitative estimate of drug-likeness (QED) is 0.339. The van der Waals surface area contributed by atoms with Crippen LogP contribution in [-0.4, -0.2) is 60.2 Å². The molecule has 0 spiro atoms. The third-order valence-electron chi connectivity index (χ3n) is 3.95. The minimum atomic E-state index is -0.0694. The molecule has 160 valence electrons. The second-order valence-corrected chi connectivity index (χ2v) is 9.01. The summed E-state index contributed by atoms with van der Waals surface area (Å²) >= 11 is 2.90. The first-order chi connectivity index (χ1) is 14.6. The largest absolute Gasteiger partial charge is 0.369 e. The minimum absolute atomic E-state index is 0.0694. The molecule has 0 aliphatic rings. The topological polar surface area (TPSA) is 111 Å². The Morgan fingerprint density at radius 3 is 2.70 bits per heavy atom. The van der Waals surface area contributed by atoms with Crippen LogP contribution in [-0.2, 0) is 11.3 Å². The lowest BCUT2D eigenvalue weighted by Crippen LogP contribution is -2.29. The summed E-state index contributed by atoms with van der Waals surface area (Å²) in [5.74, 6) is 2.40. The predicted octanol–water partition coefficient (Wildman–Crippen LogP) is 2.70. The van der Waals surface area contributed by atoms with E-state index in [0.29, 0.717) is 24.2 Å². The standard InChI is InChI=1S/C19H26N8OS2/c1-4-29-19-25-16(23-10-13(2)3)14-11-24-27(17(14)26-19)9-8-20-15(28)12-30-18-21-6-5-7-22-18/h5-7,11,13H,4,8-10,12H2,1-3H3,(H,20,28)(H,23,25,26). The zero-order valence-corrected chi connectivity index (χ0v) is 19.0. The van der Waals surface area contributed by atoms with E-state index in [-0.39, 0.29) is 11.7 Å². The van der Waals surface area contributed by atoms with Gasteiger partial charge in [-0.1, -0.05) is 44.3 Å². The lowest BCUT2D eigenvalue weighted by Gasteiger charge is -2.11. The number of nitrogens with zero attached hydrogens (tertiary/aromatic N) is 6. The fourth-order valence-electron chi connectivity index (χ4n) is 2.57. The molecule has 0 bridgehead atoms. The fraction of sp³-hybridized carbons (Fsp3) is 0.474. The van der Waals surface area contributed by atoms with Gasteiger partial charge in [-0.25, -0.2) is 24.6 Å². The van der Waals surface area contributed by atoms with E-state index >= 15 is 0 Å². The number of amides is 1. The highest BCUT2D eigenvalue weighted by molar-refractivity contribution is 7.99. The molecular weight excluding hydrogens is 420 g/mol. The maximum atomic E-state index is 12.1. The Morgan fingerprint density at radius 1 is 1.17 bits per heavy atom. The van der Waals surface area contributed by atoms with Crippen LogP contribution in [0.4, 0.5) is 5.82 Å². The van der Waals surface area contributed by atoms with Gasteiger partial charge in [-0.05, 0) is 17.7 Å². The normalized spacial score (nSPS) is 11.2. The summed E-state index contributed by atoms with van der Waals surface area (Å²) in [5, 5.41) is 13.0. The average molecular weight is 447 g/mol. The lowest BCUT2D eigenvalue weighted by atomic mass is 10.2. The van der Waals surface area contributed by atoms with E-state index in [1.807, 2.05) is 4.68 Å². The van der Waals surface area contributed by atoms with Crippen molar-refractivity contribution in [1.29, 1.82) is 0 Å². The molecule has 0 aliphatic heterocycles. The van der Waals surface area contributed by atoms with E-state index in [1.165, 1.54) is 11.8 Å². The minimum Gasteiger partial charge on any atom is -0.369 e. The van der Waals surface area contributed by atoms with E-state index < -0.39 is 0 Å². The van der Waals surface area contributed by atoms with Crippen LogP contribution in [0.15, 0.2) is 35.0 Å². The van der Waals surface area contributed by atoms with Crippen LogP contribution >= 0.6 is 23.5 Å². The monoisotopic (exact) mass is 446 g/mol. The molecule has 0 fully saturated rings. The van der Waals surface area contributed by atoms with Gasteiger partial charge in [0.05, 0.1) is 23.9 Å². The Bertz CT molecular complexity index is 964. The van der Waals surface area contributed by atoms with Crippen molar-refractivity contribution in [2.24, 2.45) is 5.92 Å². The average Bonchev–Trinajstić information content (AvgIpc) is 3.14. The molecule has 0 radical (unpaired) electrons. The summed E-state index contributed by atoms with van der Waals surface area (Å²) in [6.07, 6.45) is 5.10. The third-order valence-corrected chi connectivity index (χ3v) is 5.55. The second kappa shape index (κ2) is 11.1. The van der Waals surface area contributed by atoms with Crippen molar-refractivity contribution < 1.29 is 4.79 Å². The number of thioether (sulfide) groups is 2. The first kappa shape index (κ1) is 22.3. The Hall–Kier alpha value is -2.40. The lowest BCUT2D eigenvalue weighted by molar-refractivity contribution is -0.118. The van der Waals surface area contributed by atoms with Crippen LogP contribution in [0.5, 0.6) is 0 Å². The molecule has 3 aromatic heterocycles. The van der Waals surface area contributed by atoms with Crippen LogP contribution in [0.1, 0.15) is 20.8 Å². The van der Waals surface area contributed by atoms with Crippen LogP contribution in [0.2, 0.25) is 0 Å². The van der Waals surface area contributed by atoms with Crippen LogP contribution < -0.4 is 10.6 Å². The Labute approximate surface area is 184 Å². The van der Waals surface area contributed by atoms with E-state index in [0.717, 1.165) is 34.3 Å². The number of aromatic nitrogens is 6. The number of rotatable bonds is 11. The van der Waals surface area contributed by atoms with Crippen LogP contribution in [0, 0.1) is 5.92 Å². The number of hydrogen-bond donors (Lipinski definition) is 2. The molecule has 1 amide bonds. The highest BCUT2D eigenvalue weighted by atomic mass is 32.2. The molecule has 0 unspecified atom stereocenters. The zero-order valence-electron chi connectivity index (χ0n) is 17.3. The van der Waals surface area contributed by atoms with Gasteiger partial charge in [-0.2, -0.15) is 5.10 Å². The zero-order chi connectivity index (χ0) is 21.3. The van der Waals surface area contributed by atoms with Crippen molar-refractivity contribution in [3.8, 4) is 0 Å². The van der Waals surface area contributed by atoms with Gasteiger partial charge in [0.1, 0.15) is 5.82 Å². The summed E-state index contributed by atoms with van der Waals surface area (Å²) in [6.45, 7) is 8.19. The molecule has 3 aromatic rings. The maximum absolute atomic E-state index is 12.1. The highest BCUT2D eigenvalue weighted by Gasteiger charge is 2.14. The van der Waals surface area contributed by atoms with Crippen LogP contribution in [0.3, 0.4) is 0 Å². The molecule has 0 aromatic carbocycles. The van der Waals surface area contributed by atoms with Gasteiger partial charge in [0, 0.05) is 25.5 Å². The number of anilines is 1. The summed E-state index contributed by atoms with van der Waals surface area (Å²) < 4.78 is 1.81. The Kier molecular flexibility index (Phi) is 8.26. The van der Waals surface area contributed by atoms with Crippen LogP contribution in [0.25, 0.3) is 11.0 Å². The molecule has 30 heavy (non-hydrogen) atoms. The van der Waals surface area contributed by atoms with Gasteiger partial charge in [0.25, 0.3) is 0 Å². The van der Waals surface area contributed by atoms with Crippen molar-refractivity contribution >= 4 is 46.3 Å². The first-order valence-electron chi connectivity index (χ1n) is 9.83. The fourth-order valence-corrected chi connectivity index (χ4v) is 3.77. The number of nitrogens with one attached hydrogen (secondary N) is 2. The SMILES string of the molecule is CCSc1nc(NCC(C)C)c2cnn(CCNC(=O)CSc3ncccn3)c2n1. The Balaban J connectivity index is 1.61. The van der Waals surface area contributed by atoms with Gasteiger partial charge < -0.3 is 10.6 Å². The first-order valence-corrected chi connectivity index (χ1v) is 11.8. The molecular formula is C19H26N8OS2. The number of carbonyl (C=O) groups is 1. The van der Waals surface area contributed by atoms with Crippen molar-refractivity contribution in [3.05, 3.63) is 24.7 Å². The number of hydrogen-bond acceptors (Lipinski definition) is 9. The van der Waals surface area contributed by atoms with E-state index in [2.05, 4.69) is 56.4 Å². The summed E-state index contributed by atoms with van der Waals surface area (Å²) in [6, 6.07) is 1.75. The van der Waals surface area contributed by atoms with Gasteiger partial charge in [-0.15, -0.1) is 0 Å². The number of fused-ring (bicyclic) bond motifs is 1. The molecule has 2 N–H and O–H groups in total. The smallest absolute Gasteiger partial charge is 0.230 e. The Morgan fingerprint density at radius 2 is 1.97 bits per heavy atom. The van der Waals surface area contributed by atoms with E-state index in [4.69, 9.17) is 0 Å². The van der Waals surface area contributed by atoms with Crippen molar-refractivity contribution in [2.75, 3.05) is 29.9 Å². The van der Waals surface area contributed by atoms with Gasteiger partial charge in [0.15, 0.2) is 16.0 Å². The summed E-state index contributed by atoms with van der Waals surface area (Å²) in [7, 11) is 0. The molecule has 3 heterocycles. The van der Waals surface area contributed by atoms with Crippen molar-refractivity contribution in [3.63, 3.8) is 0 Å². The molecule has 0 atom stereocenters. The van der Waals surface area contributed by atoms with E-state index in [9.17, 15) is 4.79 Å². The second-order valence-electron chi connectivity index (χ2n) is 6.84. The number of carbonyl (C=O) groups excluding carboxylic acids is 1. The van der Waals surface area contributed by atoms with E-state index in [1.54, 1.807) is 36.4 Å². The molecule has 0 aliphatic carbocycles. The predicted molar refractivity (Wildman–Crippen MR) is 121 cm³/mol. The molecule has 9 nitrogen and oxygen atoms in total. The third kappa shape index (κ3) is 6.30. The van der Waals surface area contributed by atoms with Crippen molar-refractivity contribution in [2.45, 2.75) is 37.6 Å². The molecule has 0 saturated carbocycles. The van der Waals surface area contributed by atoms with Crippen molar-refractivity contribution in [1.82, 2.24) is 35.0 Å².